The molecule has 2 aromatic carbocycles. The average Bonchev–Trinajstić information content (AvgIpc) is 3.91. The Kier molecular flexibility index (Phi) is 12.5. The number of aliphatic imine (C=N–C) groups is 1. The number of carbonyl (C=O) groups excluding carboxylic acids is 1. The first kappa shape index (κ1) is 39.5. The number of rotatable bonds is 10. The molecule has 3 fully saturated rings. The number of ether oxygens (including phenoxy) is 3. The Bertz CT molecular complexity index is 1780. The maximum Gasteiger partial charge on any atom is 0.207 e. The third-order valence-electron chi connectivity index (χ3n) is 12.6. The van der Waals surface area contributed by atoms with E-state index in [-0.39, 0.29) is 34.5 Å². The molecule has 54 heavy (non-hydrogen) atoms. The normalized spacial score (nSPS) is 28.5. The Morgan fingerprint density at radius 3 is 2.61 bits per heavy atom. The zero-order valence-electron chi connectivity index (χ0n) is 32.3. The first-order valence-electron chi connectivity index (χ1n) is 19.5. The molecule has 0 aromatic heterocycles. The molecule has 0 radical (unpaired) electrons. The Morgan fingerprint density at radius 2 is 1.87 bits per heavy atom. The van der Waals surface area contributed by atoms with Gasteiger partial charge in [-0.25, -0.2) is 0 Å². The van der Waals surface area contributed by atoms with Gasteiger partial charge in [-0.2, -0.15) is 0 Å². The number of methoxy groups -OCH3 is 2. The number of guanidine groups is 1. The van der Waals surface area contributed by atoms with Crippen molar-refractivity contribution in [2.75, 3.05) is 40.2 Å². The molecule has 1 spiro atoms. The second-order valence-electron chi connectivity index (χ2n) is 15.9. The van der Waals surface area contributed by atoms with Crippen molar-refractivity contribution in [2.45, 2.75) is 107 Å². The van der Waals surface area contributed by atoms with Crippen LogP contribution < -0.4 is 25.4 Å². The highest BCUT2D eigenvalue weighted by Gasteiger charge is 2.48. The van der Waals surface area contributed by atoms with E-state index < -0.39 is 17.3 Å². The van der Waals surface area contributed by atoms with Crippen molar-refractivity contribution in [1.29, 1.82) is 0 Å². The Morgan fingerprint density at radius 1 is 1.06 bits per heavy atom. The summed E-state index contributed by atoms with van der Waals surface area (Å²) in [5.74, 6) is 4.89. The van der Waals surface area contributed by atoms with Gasteiger partial charge in [0.1, 0.15) is 5.60 Å². The monoisotopic (exact) mass is 742 g/mol. The summed E-state index contributed by atoms with van der Waals surface area (Å²) in [7, 11) is 6.61. The van der Waals surface area contributed by atoms with Crippen molar-refractivity contribution in [2.24, 2.45) is 22.2 Å². The highest BCUT2D eigenvalue weighted by Crippen LogP contribution is 2.52. The van der Waals surface area contributed by atoms with Gasteiger partial charge < -0.3 is 40.2 Å². The lowest BCUT2D eigenvalue weighted by atomic mass is 9.68. The van der Waals surface area contributed by atoms with Crippen LogP contribution in [0.5, 0.6) is 23.0 Å². The summed E-state index contributed by atoms with van der Waals surface area (Å²) >= 11 is 0. The molecule has 292 valence electrons. The summed E-state index contributed by atoms with van der Waals surface area (Å²) < 4.78 is 17.5. The van der Waals surface area contributed by atoms with E-state index in [0.717, 1.165) is 68.9 Å². The predicted octanol–water partition coefficient (Wildman–Crippen LogP) is 6.31. The number of aromatic hydroxyl groups is 2. The van der Waals surface area contributed by atoms with Crippen LogP contribution >= 0.6 is 0 Å². The number of hydrogen-bond acceptors (Lipinski definition) is 9. The number of aliphatic hydroxyl groups is 1. The molecule has 1 aliphatic heterocycles. The SMILES string of the molecule is CN=C1NC#CC[C@@H]2CCC[C@@]2(Cc2ccc(O)c(OC)c2)C(=O)/C=C/CC2(CCCC2)c2cc(c(O)c(O[C@@]3(CNC)CC[C@@H](C[C@H](O)OC)C3)c2)N1. The Labute approximate surface area is 320 Å². The number of nitrogens with one attached hydrogen (secondary N) is 3. The fourth-order valence-electron chi connectivity index (χ4n) is 9.76. The number of phenolic OH excluding ortho intramolecular Hbond substituents is 2. The summed E-state index contributed by atoms with van der Waals surface area (Å²) in [5, 5.41) is 42.1. The Balaban J connectivity index is 1.38. The molecule has 11 heteroatoms. The smallest absolute Gasteiger partial charge is 0.207 e. The topological polar surface area (TPSA) is 154 Å². The van der Waals surface area contributed by atoms with Crippen LogP contribution in [0.4, 0.5) is 5.69 Å². The first-order valence-corrected chi connectivity index (χ1v) is 19.5. The van der Waals surface area contributed by atoms with Crippen molar-refractivity contribution in [3.8, 4) is 35.0 Å². The minimum atomic E-state index is -0.830. The summed E-state index contributed by atoms with van der Waals surface area (Å²) in [6.07, 6.45) is 14.2. The van der Waals surface area contributed by atoms with Gasteiger partial charge in [0.15, 0.2) is 35.1 Å². The predicted molar refractivity (Wildman–Crippen MR) is 210 cm³/mol. The standard InChI is InChI=1S/C43H58N4O7/c1-44-28-42(20-15-30(26-42)23-38(50)53-4)54-36-25-32-24-33(39(36)51)47-40(45-2)46-21-9-11-31-10-7-19-43(31,27-29-13-14-34(48)35(22-29)52-3)37(49)12-8-18-41(32)16-5-6-17-41/h8,12-14,22,24-25,30-31,38,44,48,50-51H,5-7,10-11,15-20,23,26-28H2,1-4H3,(H2,45,46,47)/b12-8+/t30-,31-,38+,42-,43-/m0/s1. The van der Waals surface area contributed by atoms with Crippen LogP contribution in [0.15, 0.2) is 47.5 Å². The van der Waals surface area contributed by atoms with Crippen LogP contribution in [0.25, 0.3) is 0 Å². The second-order valence-corrected chi connectivity index (χ2v) is 15.9. The highest BCUT2D eigenvalue weighted by atomic mass is 16.6. The van der Waals surface area contributed by atoms with E-state index >= 15 is 0 Å². The summed E-state index contributed by atoms with van der Waals surface area (Å²) in [6.45, 7) is 0.577. The number of fused-ring (bicyclic) bond motifs is 4. The maximum absolute atomic E-state index is 14.6. The van der Waals surface area contributed by atoms with E-state index in [9.17, 15) is 20.1 Å². The molecule has 0 amide bonds. The third-order valence-corrected chi connectivity index (χ3v) is 12.6. The number of hydrogen-bond donors (Lipinski definition) is 6. The molecule has 2 aromatic rings. The molecule has 3 saturated carbocycles. The number of nitrogens with zero attached hydrogens (tertiary/aromatic N) is 1. The molecule has 11 nitrogen and oxygen atoms in total. The van der Waals surface area contributed by atoms with Gasteiger partial charge >= 0.3 is 0 Å². The van der Waals surface area contributed by atoms with Crippen LogP contribution in [-0.2, 0) is 21.4 Å². The highest BCUT2D eigenvalue weighted by molar-refractivity contribution is 5.97. The number of benzene rings is 2. The fraction of sp³-hybridized carbons (Fsp3) is 0.581. The fourth-order valence-corrected chi connectivity index (χ4v) is 9.76. The van der Waals surface area contributed by atoms with Gasteiger partial charge in [0.05, 0.1) is 12.8 Å². The van der Waals surface area contributed by atoms with E-state index in [2.05, 4.69) is 39.0 Å². The van der Waals surface area contributed by atoms with Crippen LogP contribution in [0.1, 0.15) is 94.6 Å². The molecule has 1 heterocycles. The van der Waals surface area contributed by atoms with Crippen molar-refractivity contribution in [3.05, 3.63) is 53.6 Å². The lowest BCUT2D eigenvalue weighted by Gasteiger charge is -2.34. The molecule has 5 atom stereocenters. The average molecular weight is 743 g/mol. The molecule has 0 unspecified atom stereocenters. The summed E-state index contributed by atoms with van der Waals surface area (Å²) in [6, 6.07) is 12.4. The first-order chi connectivity index (χ1) is 26.1. The van der Waals surface area contributed by atoms with Gasteiger partial charge in [0.25, 0.3) is 0 Å². The quantitative estimate of drug-likeness (QED) is 0.0928. The van der Waals surface area contributed by atoms with Gasteiger partial charge in [-0.15, -0.1) is 0 Å². The molecule has 4 aliphatic rings. The van der Waals surface area contributed by atoms with Crippen LogP contribution in [0, 0.1) is 29.2 Å². The minimum absolute atomic E-state index is 0.00732. The molecular weight excluding hydrogens is 684 g/mol. The molecule has 0 saturated heterocycles. The van der Waals surface area contributed by atoms with Crippen LogP contribution in [0.3, 0.4) is 0 Å². The van der Waals surface area contributed by atoms with E-state index in [4.69, 9.17) is 14.2 Å². The molecule has 6 rings (SSSR count). The van der Waals surface area contributed by atoms with E-state index in [1.807, 2.05) is 37.4 Å². The molecule has 3 aliphatic carbocycles. The second kappa shape index (κ2) is 17.1. The van der Waals surface area contributed by atoms with Crippen LogP contribution in [0.2, 0.25) is 0 Å². The third kappa shape index (κ3) is 8.36. The number of phenols is 2. The number of aliphatic hydroxyl groups excluding tert-OH is 1. The minimum Gasteiger partial charge on any atom is -0.504 e. The van der Waals surface area contributed by atoms with E-state index in [1.165, 1.54) is 14.2 Å². The largest absolute Gasteiger partial charge is 0.504 e. The van der Waals surface area contributed by atoms with Gasteiger partial charge in [-0.05, 0) is 124 Å². The molecule has 2 bridgehead atoms. The number of carbonyl (C=O) groups is 1. The number of anilines is 1. The zero-order chi connectivity index (χ0) is 38.3. The number of allylic oxidation sites excluding steroid dienone is 2. The van der Waals surface area contributed by atoms with E-state index in [1.54, 1.807) is 13.1 Å². The van der Waals surface area contributed by atoms with Gasteiger partial charge in [0.2, 0.25) is 5.96 Å². The van der Waals surface area contributed by atoms with Gasteiger partial charge in [0, 0.05) is 45.0 Å². The van der Waals surface area contributed by atoms with Crippen molar-refractivity contribution in [3.63, 3.8) is 0 Å². The van der Waals surface area contributed by atoms with Crippen LogP contribution in [-0.4, -0.2) is 73.8 Å². The summed E-state index contributed by atoms with van der Waals surface area (Å²) in [4.78, 5) is 19.0. The number of likely N-dealkylation sites (N-methyl/N-ethyl adjacent to an activating group) is 1. The van der Waals surface area contributed by atoms with Gasteiger partial charge in [-0.1, -0.05) is 37.3 Å². The zero-order valence-corrected chi connectivity index (χ0v) is 32.3. The maximum atomic E-state index is 14.6. The van der Waals surface area contributed by atoms with Crippen molar-refractivity contribution >= 4 is 17.4 Å². The Hall–Kier alpha value is -4.24. The molecule has 6 N–H and O–H groups in total. The van der Waals surface area contributed by atoms with E-state index in [0.29, 0.717) is 61.8 Å². The lowest BCUT2D eigenvalue weighted by Crippen LogP contribution is -2.43. The molecular formula is C43H58N4O7. The summed E-state index contributed by atoms with van der Waals surface area (Å²) in [5.41, 5.74) is 0.953. The number of ketones is 1. The lowest BCUT2D eigenvalue weighted by molar-refractivity contribution is -0.125. The van der Waals surface area contributed by atoms with Gasteiger partial charge in [-0.3, -0.25) is 15.1 Å². The van der Waals surface area contributed by atoms with Crippen molar-refractivity contribution < 1.29 is 34.3 Å². The van der Waals surface area contributed by atoms with Crippen molar-refractivity contribution in [1.82, 2.24) is 10.6 Å².